The molecular weight excluding hydrogens is 643 g/mol. The van der Waals surface area contributed by atoms with Gasteiger partial charge in [-0.2, -0.15) is 0 Å². The molecule has 228 valence electrons. The summed E-state index contributed by atoms with van der Waals surface area (Å²) >= 11 is 2.53. The summed E-state index contributed by atoms with van der Waals surface area (Å²) in [7, 11) is 0. The van der Waals surface area contributed by atoms with E-state index in [4.69, 9.17) is 9.57 Å². The molecule has 4 nitrogen and oxygen atoms in total. The van der Waals surface area contributed by atoms with Gasteiger partial charge in [-0.15, -0.1) is 0 Å². The Labute approximate surface area is 271 Å². The van der Waals surface area contributed by atoms with Crippen molar-refractivity contribution in [1.29, 1.82) is 0 Å². The molecule has 0 aliphatic heterocycles. The van der Waals surface area contributed by atoms with Crippen LogP contribution in [0.1, 0.15) is 82.8 Å². The largest absolute Gasteiger partial charge is 0.391 e. The molecule has 5 heteroatoms. The average Bonchev–Trinajstić information content (AvgIpc) is 3.39. The number of halogens is 1. The van der Waals surface area contributed by atoms with Crippen LogP contribution < -0.4 is 0 Å². The van der Waals surface area contributed by atoms with Crippen molar-refractivity contribution in [1.82, 2.24) is 4.98 Å². The first-order chi connectivity index (χ1) is 21.0. The molecular formula is C38H47IN2O2. The van der Waals surface area contributed by atoms with E-state index < -0.39 is 0 Å². The van der Waals surface area contributed by atoms with E-state index in [-0.39, 0.29) is 6.10 Å². The minimum atomic E-state index is 0.162. The number of para-hydroxylation sites is 1. The highest BCUT2D eigenvalue weighted by molar-refractivity contribution is 14.1. The zero-order valence-electron chi connectivity index (χ0n) is 25.8. The Balaban J connectivity index is 1.01. The molecule has 2 aromatic carbocycles. The first-order valence-electron chi connectivity index (χ1n) is 16.7. The van der Waals surface area contributed by atoms with Gasteiger partial charge in [0.05, 0.1) is 24.4 Å². The zero-order valence-corrected chi connectivity index (χ0v) is 28.0. The number of nitrogens with zero attached hydrogens (tertiary/aromatic N) is 2. The highest BCUT2D eigenvalue weighted by Crippen LogP contribution is 2.68. The number of fused-ring (bicyclic) bond motifs is 6. The third-order valence-electron chi connectivity index (χ3n) is 12.7. The summed E-state index contributed by atoms with van der Waals surface area (Å²) < 4.78 is 7.47. The number of ether oxygens (including phenoxy) is 1. The van der Waals surface area contributed by atoms with E-state index in [1.165, 1.54) is 63.4 Å². The van der Waals surface area contributed by atoms with Crippen LogP contribution in [-0.4, -0.2) is 27.8 Å². The van der Waals surface area contributed by atoms with Gasteiger partial charge in [0.15, 0.2) is 0 Å². The van der Waals surface area contributed by atoms with Crippen molar-refractivity contribution in [2.45, 2.75) is 90.4 Å². The van der Waals surface area contributed by atoms with Crippen molar-refractivity contribution in [3.05, 3.63) is 78.0 Å². The van der Waals surface area contributed by atoms with Crippen LogP contribution in [0.25, 0.3) is 10.9 Å². The summed E-state index contributed by atoms with van der Waals surface area (Å²) in [4.78, 5) is 11.0. The van der Waals surface area contributed by atoms with Crippen LogP contribution >= 0.6 is 22.6 Å². The molecule has 43 heavy (non-hydrogen) atoms. The molecule has 7 rings (SSSR count). The second kappa shape index (κ2) is 12.4. The van der Waals surface area contributed by atoms with E-state index in [1.54, 1.807) is 0 Å². The van der Waals surface area contributed by atoms with Crippen LogP contribution in [0.3, 0.4) is 0 Å². The number of alkyl halides is 1. The van der Waals surface area contributed by atoms with Gasteiger partial charge in [0.2, 0.25) is 0 Å². The molecule has 4 saturated carbocycles. The number of aromatic nitrogens is 1. The lowest BCUT2D eigenvalue weighted by molar-refractivity contribution is -0.142. The first-order valence-corrected chi connectivity index (χ1v) is 18.3. The van der Waals surface area contributed by atoms with E-state index in [0.717, 1.165) is 51.2 Å². The van der Waals surface area contributed by atoms with Gasteiger partial charge in [-0.25, -0.2) is 0 Å². The molecule has 0 unspecified atom stereocenters. The van der Waals surface area contributed by atoms with E-state index in [9.17, 15) is 0 Å². The van der Waals surface area contributed by atoms with Crippen molar-refractivity contribution in [2.24, 2.45) is 45.6 Å². The third kappa shape index (κ3) is 5.55. The average molecular weight is 691 g/mol. The molecule has 0 saturated heterocycles. The molecule has 0 bridgehead atoms. The van der Waals surface area contributed by atoms with Crippen LogP contribution in [0.5, 0.6) is 0 Å². The molecule has 9 atom stereocenters. The van der Waals surface area contributed by atoms with Gasteiger partial charge in [0, 0.05) is 27.5 Å². The second-order valence-corrected chi connectivity index (χ2v) is 15.4. The van der Waals surface area contributed by atoms with Crippen molar-refractivity contribution in [3.63, 3.8) is 0 Å². The fraction of sp³-hybridized carbons (Fsp3) is 0.579. The molecule has 1 aromatic heterocycles. The monoisotopic (exact) mass is 690 g/mol. The molecule has 1 heterocycles. The van der Waals surface area contributed by atoms with Crippen molar-refractivity contribution < 1.29 is 9.57 Å². The van der Waals surface area contributed by atoms with Gasteiger partial charge in [-0.3, -0.25) is 4.98 Å². The van der Waals surface area contributed by atoms with Gasteiger partial charge in [-0.1, -0.05) is 96.2 Å². The number of oxime groups is 1. The molecule has 0 spiro atoms. The highest BCUT2D eigenvalue weighted by Gasteiger charge is 2.61. The topological polar surface area (TPSA) is 43.7 Å². The Morgan fingerprint density at radius 1 is 0.907 bits per heavy atom. The standard InChI is InChI=1S/C38H47IN2O2/c1-37-19-17-30(42-25-26-8-4-3-5-9-26)22-29(37)13-14-31-32-15-16-34(38(32,2)20-18-33(31)37)35(23-39)43-41-24-28-11-6-10-27-12-7-21-40-36(27)28/h3-12,21,24,29-35H,13-20,22-23,25H2,1-2H3/b41-24+/t29-,30-,31-,32-,33-,34+,35+,37-,38-/m0/s1. The lowest BCUT2D eigenvalue weighted by Crippen LogP contribution is -2.54. The Hall–Kier alpha value is -1.99. The predicted octanol–water partition coefficient (Wildman–Crippen LogP) is 9.63. The van der Waals surface area contributed by atoms with Crippen LogP contribution in [0.2, 0.25) is 0 Å². The van der Waals surface area contributed by atoms with Gasteiger partial charge >= 0.3 is 0 Å². The Kier molecular flexibility index (Phi) is 8.58. The number of rotatable bonds is 8. The van der Waals surface area contributed by atoms with Crippen LogP contribution in [-0.2, 0) is 16.2 Å². The zero-order chi connectivity index (χ0) is 29.4. The Bertz CT molecular complexity index is 1420. The fourth-order valence-electron chi connectivity index (χ4n) is 10.4. The number of benzene rings is 2. The first kappa shape index (κ1) is 29.7. The number of hydrogen-bond acceptors (Lipinski definition) is 4. The normalized spacial score (nSPS) is 36.2. The molecule has 0 N–H and O–H groups in total. The highest BCUT2D eigenvalue weighted by atomic mass is 127. The molecule has 3 aromatic rings. The van der Waals surface area contributed by atoms with Gasteiger partial charge in [0.25, 0.3) is 0 Å². The minimum Gasteiger partial charge on any atom is -0.391 e. The summed E-state index contributed by atoms with van der Waals surface area (Å²) in [5.74, 6) is 3.95. The predicted molar refractivity (Wildman–Crippen MR) is 183 cm³/mol. The summed E-state index contributed by atoms with van der Waals surface area (Å²) in [6, 6.07) is 21.0. The van der Waals surface area contributed by atoms with Crippen molar-refractivity contribution in [2.75, 3.05) is 4.43 Å². The maximum Gasteiger partial charge on any atom is 0.139 e. The second-order valence-electron chi connectivity index (χ2n) is 14.5. The summed E-state index contributed by atoms with van der Waals surface area (Å²) in [5, 5.41) is 5.72. The molecule has 4 fully saturated rings. The SMILES string of the molecule is C[C@]12CC[C@H](OCc3ccccc3)C[C@@H]1CC[C@@H]1[C@@H]2CC[C@]2(C)[C@@H]([C@@H](CI)O/N=C/c3cccc4cccnc34)CC[C@@H]12. The number of pyridine rings is 1. The summed E-state index contributed by atoms with van der Waals surface area (Å²) in [6.07, 6.45) is 16.3. The molecule has 0 radical (unpaired) electrons. The quantitative estimate of drug-likeness (QED) is 0.102. The van der Waals surface area contributed by atoms with E-state index in [1.807, 2.05) is 18.5 Å². The third-order valence-corrected chi connectivity index (χ3v) is 13.5. The van der Waals surface area contributed by atoms with E-state index in [0.29, 0.717) is 22.9 Å². The Morgan fingerprint density at radius 3 is 2.58 bits per heavy atom. The van der Waals surface area contributed by atoms with Crippen molar-refractivity contribution in [3.8, 4) is 0 Å². The maximum atomic E-state index is 6.49. The van der Waals surface area contributed by atoms with Crippen LogP contribution in [0.15, 0.2) is 72.0 Å². The lowest BCUT2D eigenvalue weighted by atomic mass is 9.44. The van der Waals surface area contributed by atoms with Crippen LogP contribution in [0, 0.1) is 40.4 Å². The minimum absolute atomic E-state index is 0.162. The summed E-state index contributed by atoms with van der Waals surface area (Å²) in [6.45, 7) is 6.05. The molecule has 0 amide bonds. The Morgan fingerprint density at radius 2 is 1.72 bits per heavy atom. The van der Waals surface area contributed by atoms with Gasteiger partial charge in [0.1, 0.15) is 6.10 Å². The van der Waals surface area contributed by atoms with E-state index >= 15 is 0 Å². The van der Waals surface area contributed by atoms with Gasteiger partial charge in [-0.05, 0) is 104 Å². The maximum absolute atomic E-state index is 6.49. The summed E-state index contributed by atoms with van der Waals surface area (Å²) in [5.41, 5.74) is 4.13. The van der Waals surface area contributed by atoms with E-state index in [2.05, 4.69) is 101 Å². The van der Waals surface area contributed by atoms with Crippen molar-refractivity contribution >= 4 is 39.7 Å². The lowest BCUT2D eigenvalue weighted by Gasteiger charge is -2.61. The van der Waals surface area contributed by atoms with Crippen LogP contribution in [0.4, 0.5) is 0 Å². The fourth-order valence-corrected chi connectivity index (χ4v) is 11.2. The molecule has 4 aliphatic carbocycles. The smallest absolute Gasteiger partial charge is 0.139 e. The molecule has 4 aliphatic rings. The van der Waals surface area contributed by atoms with Gasteiger partial charge < -0.3 is 9.57 Å². The number of hydrogen-bond donors (Lipinski definition) is 0.